The smallest absolute Gasteiger partial charge is 0.0295 e. The summed E-state index contributed by atoms with van der Waals surface area (Å²) in [5, 5.41) is 4.30. The van der Waals surface area contributed by atoms with E-state index in [9.17, 15) is 0 Å². The summed E-state index contributed by atoms with van der Waals surface area (Å²) in [5.41, 5.74) is 2.66. The number of alkyl halides is 1. The summed E-state index contributed by atoms with van der Waals surface area (Å²) in [7, 11) is 0. The Kier molecular flexibility index (Phi) is 4.45. The van der Waals surface area contributed by atoms with E-state index in [0.717, 1.165) is 10.9 Å². The monoisotopic (exact) mass is 314 g/mol. The van der Waals surface area contributed by atoms with Gasteiger partial charge in [-0.05, 0) is 40.4 Å². The third kappa shape index (κ3) is 2.88. The fourth-order valence-electron chi connectivity index (χ4n) is 1.75. The molecule has 0 aliphatic rings. The van der Waals surface area contributed by atoms with Gasteiger partial charge in [-0.25, -0.2) is 0 Å². The molecule has 2 aromatic rings. The minimum atomic E-state index is 0.381. The van der Waals surface area contributed by atoms with E-state index in [1.807, 2.05) is 6.07 Å². The van der Waals surface area contributed by atoms with Gasteiger partial charge in [0.2, 0.25) is 0 Å². The van der Waals surface area contributed by atoms with Crippen molar-refractivity contribution < 1.29 is 0 Å². The van der Waals surface area contributed by atoms with E-state index in [1.165, 1.54) is 11.1 Å². The van der Waals surface area contributed by atoms with Crippen molar-refractivity contribution >= 4 is 38.9 Å². The van der Waals surface area contributed by atoms with Crippen LogP contribution in [0.2, 0.25) is 0 Å². The molecular weight excluding hydrogens is 304 g/mol. The highest BCUT2D eigenvalue weighted by Crippen LogP contribution is 2.29. The second kappa shape index (κ2) is 5.85. The number of halogens is 2. The van der Waals surface area contributed by atoms with Crippen molar-refractivity contribution in [3.63, 3.8) is 0 Å². The van der Waals surface area contributed by atoms with Gasteiger partial charge in [0.25, 0.3) is 0 Å². The molecule has 1 atom stereocenters. The summed E-state index contributed by atoms with van der Waals surface area (Å²) in [5.74, 6) is 1.03. The van der Waals surface area contributed by atoms with E-state index in [4.69, 9.17) is 11.6 Å². The molecular formula is C13H12BrClS. The van der Waals surface area contributed by atoms with E-state index in [1.54, 1.807) is 11.3 Å². The second-order valence-corrected chi connectivity index (χ2v) is 5.65. The minimum Gasteiger partial charge on any atom is -0.152 e. The van der Waals surface area contributed by atoms with Crippen LogP contribution in [-0.2, 0) is 6.42 Å². The molecule has 2 rings (SSSR count). The van der Waals surface area contributed by atoms with E-state index < -0.39 is 0 Å². The van der Waals surface area contributed by atoms with Gasteiger partial charge in [-0.3, -0.25) is 0 Å². The zero-order chi connectivity index (χ0) is 11.4. The summed E-state index contributed by atoms with van der Waals surface area (Å²) in [4.78, 5) is 0. The molecule has 0 saturated carbocycles. The van der Waals surface area contributed by atoms with Crippen molar-refractivity contribution in [3.05, 3.63) is 56.7 Å². The number of rotatable bonds is 4. The molecule has 16 heavy (non-hydrogen) atoms. The van der Waals surface area contributed by atoms with Crippen molar-refractivity contribution in [2.24, 2.45) is 0 Å². The van der Waals surface area contributed by atoms with Gasteiger partial charge in [-0.15, -0.1) is 11.6 Å². The fraction of sp³-hybridized carbons (Fsp3) is 0.231. The molecule has 0 radical (unpaired) electrons. The first-order chi connectivity index (χ1) is 7.81. The van der Waals surface area contributed by atoms with Crippen molar-refractivity contribution in [3.8, 4) is 0 Å². The second-order valence-electron chi connectivity index (χ2n) is 3.71. The molecule has 0 nitrogen and oxygen atoms in total. The lowest BCUT2D eigenvalue weighted by atomic mass is 9.95. The van der Waals surface area contributed by atoms with Gasteiger partial charge in [-0.1, -0.05) is 34.1 Å². The van der Waals surface area contributed by atoms with E-state index in [0.29, 0.717) is 11.8 Å². The number of benzene rings is 1. The molecule has 1 aromatic carbocycles. The summed E-state index contributed by atoms with van der Waals surface area (Å²) in [6, 6.07) is 10.5. The Balaban J connectivity index is 2.20. The Morgan fingerprint density at radius 3 is 2.69 bits per heavy atom. The molecule has 0 aliphatic carbocycles. The van der Waals surface area contributed by atoms with Crippen LogP contribution in [0.4, 0.5) is 0 Å². The summed E-state index contributed by atoms with van der Waals surface area (Å²) >= 11 is 11.4. The molecule has 84 valence electrons. The number of hydrogen-bond donors (Lipinski definition) is 0. The maximum Gasteiger partial charge on any atom is 0.0295 e. The normalized spacial score (nSPS) is 12.6. The summed E-state index contributed by atoms with van der Waals surface area (Å²) < 4.78 is 1.15. The highest BCUT2D eigenvalue weighted by Gasteiger charge is 2.13. The predicted molar refractivity (Wildman–Crippen MR) is 75.6 cm³/mol. The highest BCUT2D eigenvalue weighted by atomic mass is 79.9. The average Bonchev–Trinajstić information content (AvgIpc) is 2.80. The molecule has 3 heteroatoms. The molecule has 0 spiro atoms. The van der Waals surface area contributed by atoms with Gasteiger partial charge >= 0.3 is 0 Å². The van der Waals surface area contributed by atoms with Gasteiger partial charge in [-0.2, -0.15) is 11.3 Å². The maximum absolute atomic E-state index is 6.07. The molecule has 1 heterocycles. The topological polar surface area (TPSA) is 0 Å². The third-order valence-electron chi connectivity index (χ3n) is 2.59. The standard InChI is InChI=1S/C13H12BrClS/c14-13-4-2-1-3-12(13)11(8-15)7-10-5-6-16-9-10/h1-6,9,11H,7-8H2. The van der Waals surface area contributed by atoms with Gasteiger partial charge in [0.05, 0.1) is 0 Å². The first-order valence-electron chi connectivity index (χ1n) is 5.12. The lowest BCUT2D eigenvalue weighted by Gasteiger charge is -2.15. The zero-order valence-electron chi connectivity index (χ0n) is 8.70. The van der Waals surface area contributed by atoms with Crippen LogP contribution in [0, 0.1) is 0 Å². The molecule has 0 saturated heterocycles. The Labute approximate surface area is 113 Å². The Hall–Kier alpha value is -0.310. The maximum atomic E-state index is 6.07. The molecule has 0 aliphatic heterocycles. The molecule has 0 N–H and O–H groups in total. The van der Waals surface area contributed by atoms with Crippen LogP contribution >= 0.6 is 38.9 Å². The Morgan fingerprint density at radius 2 is 2.06 bits per heavy atom. The zero-order valence-corrected chi connectivity index (χ0v) is 11.9. The van der Waals surface area contributed by atoms with Crippen LogP contribution in [0.25, 0.3) is 0 Å². The minimum absolute atomic E-state index is 0.381. The van der Waals surface area contributed by atoms with Crippen LogP contribution < -0.4 is 0 Å². The van der Waals surface area contributed by atoms with Crippen LogP contribution in [0.5, 0.6) is 0 Å². The van der Waals surface area contributed by atoms with Crippen LogP contribution in [0.3, 0.4) is 0 Å². The summed E-state index contributed by atoms with van der Waals surface area (Å²) in [6.45, 7) is 0. The fourth-order valence-corrected chi connectivity index (χ4v) is 3.31. The summed E-state index contributed by atoms with van der Waals surface area (Å²) in [6.07, 6.45) is 1.01. The van der Waals surface area contributed by atoms with E-state index >= 15 is 0 Å². The first kappa shape index (κ1) is 12.2. The van der Waals surface area contributed by atoms with Crippen molar-refractivity contribution in [1.82, 2.24) is 0 Å². The molecule has 1 unspecified atom stereocenters. The molecule has 0 amide bonds. The van der Waals surface area contributed by atoms with Crippen molar-refractivity contribution in [2.45, 2.75) is 12.3 Å². The number of hydrogen-bond acceptors (Lipinski definition) is 1. The Morgan fingerprint density at radius 1 is 1.25 bits per heavy atom. The molecule has 1 aromatic heterocycles. The quantitative estimate of drug-likeness (QED) is 0.691. The SMILES string of the molecule is ClCC(Cc1ccsc1)c1ccccc1Br. The predicted octanol–water partition coefficient (Wildman–Crippen LogP) is 5.08. The van der Waals surface area contributed by atoms with Crippen LogP contribution in [0.1, 0.15) is 17.0 Å². The molecule has 0 bridgehead atoms. The van der Waals surface area contributed by atoms with Gasteiger partial charge in [0, 0.05) is 16.3 Å². The van der Waals surface area contributed by atoms with Gasteiger partial charge in [0.1, 0.15) is 0 Å². The lowest BCUT2D eigenvalue weighted by Crippen LogP contribution is -2.04. The van der Waals surface area contributed by atoms with E-state index in [2.05, 4.69) is 51.0 Å². The lowest BCUT2D eigenvalue weighted by molar-refractivity contribution is 0.764. The van der Waals surface area contributed by atoms with Crippen molar-refractivity contribution in [2.75, 3.05) is 5.88 Å². The number of thiophene rings is 1. The van der Waals surface area contributed by atoms with Crippen LogP contribution in [0.15, 0.2) is 45.6 Å². The van der Waals surface area contributed by atoms with E-state index in [-0.39, 0.29) is 0 Å². The Bertz CT molecular complexity index is 439. The largest absolute Gasteiger partial charge is 0.152 e. The van der Waals surface area contributed by atoms with Gasteiger partial charge in [0.15, 0.2) is 0 Å². The highest BCUT2D eigenvalue weighted by molar-refractivity contribution is 9.10. The first-order valence-corrected chi connectivity index (χ1v) is 7.39. The van der Waals surface area contributed by atoms with Crippen molar-refractivity contribution in [1.29, 1.82) is 0 Å². The average molecular weight is 316 g/mol. The third-order valence-corrected chi connectivity index (χ3v) is 4.42. The van der Waals surface area contributed by atoms with Crippen LogP contribution in [-0.4, -0.2) is 5.88 Å². The van der Waals surface area contributed by atoms with Gasteiger partial charge < -0.3 is 0 Å². The molecule has 0 fully saturated rings.